The standard InChI is InChI=1S/C23H17Cl3N2O5/c1-31-20-11-14(5-10-18(20)33-23(30)15-6-8-16(24)9-7-15)12-27-28-21(29)13-32-19-4-2-3-17(25)22(19)26/h2-12H,13H2,1H3,(H,28,29)/b27-12+. The number of esters is 1. The Bertz CT molecular complexity index is 1180. The van der Waals surface area contributed by atoms with Gasteiger partial charge < -0.3 is 14.2 Å². The monoisotopic (exact) mass is 506 g/mol. The Morgan fingerprint density at radius 2 is 1.73 bits per heavy atom. The highest BCUT2D eigenvalue weighted by Gasteiger charge is 2.13. The first kappa shape index (κ1) is 24.4. The number of hydrogen-bond acceptors (Lipinski definition) is 6. The number of benzene rings is 3. The maximum Gasteiger partial charge on any atom is 0.343 e. The van der Waals surface area contributed by atoms with Crippen molar-refractivity contribution in [2.45, 2.75) is 0 Å². The van der Waals surface area contributed by atoms with E-state index in [0.717, 1.165) is 0 Å². The van der Waals surface area contributed by atoms with Gasteiger partial charge in [0.1, 0.15) is 10.8 Å². The minimum Gasteiger partial charge on any atom is -0.493 e. The average molecular weight is 508 g/mol. The average Bonchev–Trinajstić information content (AvgIpc) is 2.81. The van der Waals surface area contributed by atoms with Gasteiger partial charge in [-0.1, -0.05) is 40.9 Å². The van der Waals surface area contributed by atoms with Gasteiger partial charge in [0.25, 0.3) is 5.91 Å². The summed E-state index contributed by atoms with van der Waals surface area (Å²) < 4.78 is 16.0. The summed E-state index contributed by atoms with van der Waals surface area (Å²) in [6.07, 6.45) is 1.40. The number of amides is 1. The van der Waals surface area contributed by atoms with Crippen molar-refractivity contribution in [3.8, 4) is 17.2 Å². The third kappa shape index (κ3) is 6.86. The molecule has 1 N–H and O–H groups in total. The van der Waals surface area contributed by atoms with E-state index >= 15 is 0 Å². The quantitative estimate of drug-likeness (QED) is 0.191. The van der Waals surface area contributed by atoms with Crippen molar-refractivity contribution in [2.24, 2.45) is 5.10 Å². The molecule has 170 valence electrons. The molecule has 3 aromatic carbocycles. The predicted octanol–water partition coefficient (Wildman–Crippen LogP) is 5.40. The van der Waals surface area contributed by atoms with Gasteiger partial charge in [0.05, 0.1) is 23.9 Å². The van der Waals surface area contributed by atoms with Crippen molar-refractivity contribution >= 4 is 52.9 Å². The summed E-state index contributed by atoms with van der Waals surface area (Å²) in [4.78, 5) is 24.2. The zero-order chi connectivity index (χ0) is 23.8. The Labute approximate surface area is 204 Å². The molecule has 7 nitrogen and oxygen atoms in total. The molecule has 0 saturated carbocycles. The van der Waals surface area contributed by atoms with E-state index in [1.54, 1.807) is 60.7 Å². The van der Waals surface area contributed by atoms with Crippen molar-refractivity contribution in [3.63, 3.8) is 0 Å². The molecule has 0 heterocycles. The summed E-state index contributed by atoms with van der Waals surface area (Å²) in [7, 11) is 1.44. The smallest absolute Gasteiger partial charge is 0.343 e. The fraction of sp³-hybridized carbons (Fsp3) is 0.0870. The third-order valence-corrected chi connectivity index (χ3v) is 5.20. The number of halogens is 3. The Morgan fingerprint density at radius 1 is 0.970 bits per heavy atom. The Kier molecular flexibility index (Phi) is 8.54. The van der Waals surface area contributed by atoms with E-state index in [0.29, 0.717) is 26.9 Å². The highest BCUT2D eigenvalue weighted by atomic mass is 35.5. The second-order valence-electron chi connectivity index (χ2n) is 6.44. The molecule has 0 aliphatic rings. The number of hydrazone groups is 1. The van der Waals surface area contributed by atoms with Crippen LogP contribution in [-0.2, 0) is 4.79 Å². The van der Waals surface area contributed by atoms with Gasteiger partial charge >= 0.3 is 5.97 Å². The van der Waals surface area contributed by atoms with Crippen LogP contribution < -0.4 is 19.6 Å². The molecule has 3 aromatic rings. The van der Waals surface area contributed by atoms with Crippen LogP contribution in [0.25, 0.3) is 0 Å². The first-order valence-corrected chi connectivity index (χ1v) is 10.5. The van der Waals surface area contributed by atoms with Crippen LogP contribution in [0.15, 0.2) is 65.8 Å². The lowest BCUT2D eigenvalue weighted by Crippen LogP contribution is -2.24. The summed E-state index contributed by atoms with van der Waals surface area (Å²) in [6.45, 7) is -0.305. The minimum atomic E-state index is -0.557. The molecule has 3 rings (SSSR count). The number of rotatable bonds is 8. The molecule has 0 aromatic heterocycles. The van der Waals surface area contributed by atoms with Crippen molar-refractivity contribution < 1.29 is 23.8 Å². The summed E-state index contributed by atoms with van der Waals surface area (Å²) in [5.41, 5.74) is 3.28. The van der Waals surface area contributed by atoms with Gasteiger partial charge in [0.15, 0.2) is 18.1 Å². The molecule has 0 radical (unpaired) electrons. The molecular weight excluding hydrogens is 491 g/mol. The van der Waals surface area contributed by atoms with Gasteiger partial charge in [0.2, 0.25) is 0 Å². The molecule has 0 spiro atoms. The highest BCUT2D eigenvalue weighted by molar-refractivity contribution is 6.42. The van der Waals surface area contributed by atoms with E-state index in [1.165, 1.54) is 13.3 Å². The Morgan fingerprint density at radius 3 is 2.45 bits per heavy atom. The van der Waals surface area contributed by atoms with E-state index in [9.17, 15) is 9.59 Å². The van der Waals surface area contributed by atoms with Crippen LogP contribution in [0.2, 0.25) is 15.1 Å². The van der Waals surface area contributed by atoms with Crippen LogP contribution in [0, 0.1) is 0 Å². The van der Waals surface area contributed by atoms with Crippen LogP contribution in [0.1, 0.15) is 15.9 Å². The van der Waals surface area contributed by atoms with E-state index in [1.807, 2.05) is 0 Å². The summed E-state index contributed by atoms with van der Waals surface area (Å²) in [6, 6.07) is 16.0. The molecule has 10 heteroatoms. The third-order valence-electron chi connectivity index (χ3n) is 4.15. The molecule has 0 atom stereocenters. The zero-order valence-electron chi connectivity index (χ0n) is 17.2. The number of hydrogen-bond donors (Lipinski definition) is 1. The van der Waals surface area contributed by atoms with Crippen molar-refractivity contribution in [2.75, 3.05) is 13.7 Å². The number of carbonyl (C=O) groups excluding carboxylic acids is 2. The fourth-order valence-corrected chi connectivity index (χ4v) is 3.02. The molecule has 0 fully saturated rings. The van der Waals surface area contributed by atoms with Crippen LogP contribution in [0.5, 0.6) is 17.2 Å². The van der Waals surface area contributed by atoms with Crippen LogP contribution in [-0.4, -0.2) is 31.8 Å². The topological polar surface area (TPSA) is 86.2 Å². The number of nitrogens with zero attached hydrogens (tertiary/aromatic N) is 1. The molecule has 0 aliphatic carbocycles. The van der Waals surface area contributed by atoms with Gasteiger partial charge in [-0.05, 0) is 60.2 Å². The minimum absolute atomic E-state index is 0.222. The fourth-order valence-electron chi connectivity index (χ4n) is 2.54. The van der Waals surface area contributed by atoms with Gasteiger partial charge in [-0.3, -0.25) is 4.79 Å². The molecule has 1 amide bonds. The highest BCUT2D eigenvalue weighted by Crippen LogP contribution is 2.31. The van der Waals surface area contributed by atoms with Crippen LogP contribution >= 0.6 is 34.8 Å². The molecule has 0 saturated heterocycles. The molecular formula is C23H17Cl3N2O5. The van der Waals surface area contributed by atoms with Crippen LogP contribution in [0.3, 0.4) is 0 Å². The summed E-state index contributed by atoms with van der Waals surface area (Å²) in [5.74, 6) is -0.227. The van der Waals surface area contributed by atoms with Crippen LogP contribution in [0.4, 0.5) is 0 Å². The van der Waals surface area contributed by atoms with E-state index in [4.69, 9.17) is 49.0 Å². The number of ether oxygens (including phenoxy) is 3. The number of methoxy groups -OCH3 is 1. The lowest BCUT2D eigenvalue weighted by atomic mass is 10.2. The van der Waals surface area contributed by atoms with Gasteiger partial charge in [0, 0.05) is 5.02 Å². The number of carbonyl (C=O) groups is 2. The summed E-state index contributed by atoms with van der Waals surface area (Å²) >= 11 is 17.7. The molecule has 0 unspecified atom stereocenters. The number of nitrogens with one attached hydrogen (secondary N) is 1. The maximum atomic E-state index is 12.3. The molecule has 0 aliphatic heterocycles. The maximum absolute atomic E-state index is 12.3. The summed E-state index contributed by atoms with van der Waals surface area (Å²) in [5, 5.41) is 4.93. The van der Waals surface area contributed by atoms with Gasteiger partial charge in [-0.2, -0.15) is 5.10 Å². The zero-order valence-corrected chi connectivity index (χ0v) is 19.4. The predicted molar refractivity (Wildman–Crippen MR) is 127 cm³/mol. The SMILES string of the molecule is COc1cc(/C=N/NC(=O)COc2cccc(Cl)c2Cl)ccc1OC(=O)c1ccc(Cl)cc1. The Balaban J connectivity index is 1.57. The van der Waals surface area contributed by atoms with E-state index in [2.05, 4.69) is 10.5 Å². The van der Waals surface area contributed by atoms with Gasteiger partial charge in [-0.25, -0.2) is 10.2 Å². The molecule has 0 bridgehead atoms. The first-order valence-electron chi connectivity index (χ1n) is 9.42. The normalized spacial score (nSPS) is 10.7. The lowest BCUT2D eigenvalue weighted by molar-refractivity contribution is -0.123. The molecule has 33 heavy (non-hydrogen) atoms. The van der Waals surface area contributed by atoms with Crippen molar-refractivity contribution in [1.29, 1.82) is 0 Å². The van der Waals surface area contributed by atoms with Gasteiger partial charge in [-0.15, -0.1) is 0 Å². The van der Waals surface area contributed by atoms with E-state index in [-0.39, 0.29) is 23.1 Å². The Hall–Kier alpha value is -3.26. The van der Waals surface area contributed by atoms with Crippen molar-refractivity contribution in [3.05, 3.63) is 86.9 Å². The largest absolute Gasteiger partial charge is 0.493 e. The second-order valence-corrected chi connectivity index (χ2v) is 7.66. The lowest BCUT2D eigenvalue weighted by Gasteiger charge is -2.10. The van der Waals surface area contributed by atoms with E-state index < -0.39 is 11.9 Å². The van der Waals surface area contributed by atoms with Crippen molar-refractivity contribution in [1.82, 2.24) is 5.43 Å². The second kappa shape index (κ2) is 11.6. The first-order chi connectivity index (χ1) is 15.9.